The maximum Gasteiger partial charge on any atom is 0.393 e. The van der Waals surface area contributed by atoms with Crippen molar-refractivity contribution < 1.29 is 13.2 Å². The Labute approximate surface area is 83.3 Å². The van der Waals surface area contributed by atoms with Gasteiger partial charge >= 0.3 is 6.18 Å². The van der Waals surface area contributed by atoms with E-state index in [4.69, 9.17) is 0 Å². The quantitative estimate of drug-likeness (QED) is 0.676. The van der Waals surface area contributed by atoms with Gasteiger partial charge in [0.2, 0.25) is 0 Å². The lowest BCUT2D eigenvalue weighted by molar-refractivity contribution is -0.187. The molecule has 0 aromatic heterocycles. The van der Waals surface area contributed by atoms with Crippen molar-refractivity contribution in [1.82, 2.24) is 4.90 Å². The van der Waals surface area contributed by atoms with Crippen LogP contribution in [0.25, 0.3) is 0 Å². The lowest BCUT2D eigenvalue weighted by atomic mass is 9.97. The molecule has 1 aliphatic rings. The van der Waals surface area contributed by atoms with Gasteiger partial charge in [0.25, 0.3) is 0 Å². The van der Waals surface area contributed by atoms with Crippen LogP contribution in [0.3, 0.4) is 0 Å². The van der Waals surface area contributed by atoms with Crippen molar-refractivity contribution in [3.8, 4) is 0 Å². The van der Waals surface area contributed by atoms with E-state index in [0.29, 0.717) is 18.8 Å². The highest BCUT2D eigenvalue weighted by Gasteiger charge is 2.41. The predicted octanol–water partition coefficient (Wildman–Crippen LogP) is 2.92. The molecule has 4 heteroatoms. The number of rotatable bonds is 2. The first-order chi connectivity index (χ1) is 6.39. The van der Waals surface area contributed by atoms with Crippen LogP contribution in [0.2, 0.25) is 0 Å². The highest BCUT2D eigenvalue weighted by atomic mass is 19.4. The van der Waals surface area contributed by atoms with Crippen molar-refractivity contribution in [3.05, 3.63) is 0 Å². The molecule has 1 heterocycles. The standard InChI is InChI=1S/C10H18F3N/c1-8(2)6-14-5-3-4-9(7-14)10(11,12)13/h8-9H,3-7H2,1-2H3/t9-/m1/s1. The highest BCUT2D eigenvalue weighted by molar-refractivity contribution is 4.78. The molecule has 1 rings (SSSR count). The summed E-state index contributed by atoms with van der Waals surface area (Å²) in [5, 5.41) is 0. The van der Waals surface area contributed by atoms with Crippen LogP contribution in [0.4, 0.5) is 13.2 Å². The van der Waals surface area contributed by atoms with E-state index in [-0.39, 0.29) is 6.54 Å². The van der Waals surface area contributed by atoms with Gasteiger partial charge in [-0.15, -0.1) is 0 Å². The van der Waals surface area contributed by atoms with Gasteiger partial charge in [0, 0.05) is 13.1 Å². The minimum absolute atomic E-state index is 0.196. The van der Waals surface area contributed by atoms with E-state index in [1.54, 1.807) is 0 Å². The van der Waals surface area contributed by atoms with Gasteiger partial charge in [-0.3, -0.25) is 0 Å². The van der Waals surface area contributed by atoms with Crippen LogP contribution in [0, 0.1) is 11.8 Å². The largest absolute Gasteiger partial charge is 0.393 e. The number of hydrogen-bond acceptors (Lipinski definition) is 1. The second-order valence-corrected chi connectivity index (χ2v) is 4.53. The summed E-state index contributed by atoms with van der Waals surface area (Å²) in [5.41, 5.74) is 0. The Kier molecular flexibility index (Phi) is 3.81. The Hall–Kier alpha value is -0.250. The third kappa shape index (κ3) is 3.48. The van der Waals surface area contributed by atoms with Crippen LogP contribution in [-0.2, 0) is 0 Å². The molecule has 84 valence electrons. The average Bonchev–Trinajstić information content (AvgIpc) is 2.01. The van der Waals surface area contributed by atoms with Crippen molar-refractivity contribution in [2.24, 2.45) is 11.8 Å². The molecule has 0 spiro atoms. The van der Waals surface area contributed by atoms with Gasteiger partial charge in [-0.1, -0.05) is 13.8 Å². The fourth-order valence-electron chi connectivity index (χ4n) is 2.00. The summed E-state index contributed by atoms with van der Waals surface area (Å²) in [6, 6.07) is 0. The molecule has 0 aliphatic carbocycles. The van der Waals surface area contributed by atoms with Crippen molar-refractivity contribution in [2.45, 2.75) is 32.9 Å². The van der Waals surface area contributed by atoms with E-state index >= 15 is 0 Å². The average molecular weight is 209 g/mol. The molecule has 1 aliphatic heterocycles. The Morgan fingerprint density at radius 1 is 1.36 bits per heavy atom. The lowest BCUT2D eigenvalue weighted by Gasteiger charge is -2.34. The first-order valence-corrected chi connectivity index (χ1v) is 5.18. The molecular weight excluding hydrogens is 191 g/mol. The molecule has 1 saturated heterocycles. The number of halogens is 3. The fourth-order valence-corrected chi connectivity index (χ4v) is 2.00. The first-order valence-electron chi connectivity index (χ1n) is 5.18. The second kappa shape index (κ2) is 4.51. The van der Waals surface area contributed by atoms with E-state index in [0.717, 1.165) is 13.1 Å². The predicted molar refractivity (Wildman–Crippen MR) is 50.1 cm³/mol. The Balaban J connectivity index is 2.44. The molecule has 1 nitrogen and oxygen atoms in total. The van der Waals surface area contributed by atoms with Gasteiger partial charge in [-0.25, -0.2) is 0 Å². The minimum atomic E-state index is -4.00. The number of piperidine rings is 1. The van der Waals surface area contributed by atoms with E-state index in [1.165, 1.54) is 0 Å². The maximum atomic E-state index is 12.4. The molecule has 0 bridgehead atoms. The van der Waals surface area contributed by atoms with Gasteiger partial charge in [0.1, 0.15) is 0 Å². The van der Waals surface area contributed by atoms with Crippen LogP contribution >= 0.6 is 0 Å². The zero-order valence-electron chi connectivity index (χ0n) is 8.77. The molecular formula is C10H18F3N. The highest BCUT2D eigenvalue weighted by Crippen LogP contribution is 2.33. The number of nitrogens with zero attached hydrogens (tertiary/aromatic N) is 1. The molecule has 14 heavy (non-hydrogen) atoms. The summed E-state index contributed by atoms with van der Waals surface area (Å²) in [5.74, 6) is -0.656. The molecule has 0 radical (unpaired) electrons. The monoisotopic (exact) mass is 209 g/mol. The SMILES string of the molecule is CC(C)CN1CCC[C@@H](C(F)(F)F)C1. The van der Waals surface area contributed by atoms with Crippen molar-refractivity contribution in [2.75, 3.05) is 19.6 Å². The van der Waals surface area contributed by atoms with Crippen LogP contribution in [0.1, 0.15) is 26.7 Å². The van der Waals surface area contributed by atoms with Crippen LogP contribution in [0.5, 0.6) is 0 Å². The summed E-state index contributed by atoms with van der Waals surface area (Å²) >= 11 is 0. The Bertz CT molecular complexity index is 177. The summed E-state index contributed by atoms with van der Waals surface area (Å²) in [4.78, 5) is 1.94. The van der Waals surface area contributed by atoms with Crippen LogP contribution in [-0.4, -0.2) is 30.7 Å². The maximum absolute atomic E-state index is 12.4. The molecule has 0 amide bonds. The molecule has 0 N–H and O–H groups in total. The molecule has 0 aromatic carbocycles. The normalized spacial score (nSPS) is 25.7. The second-order valence-electron chi connectivity index (χ2n) is 4.53. The minimum Gasteiger partial charge on any atom is -0.302 e. The van der Waals surface area contributed by atoms with Crippen LogP contribution < -0.4 is 0 Å². The van der Waals surface area contributed by atoms with E-state index < -0.39 is 12.1 Å². The van der Waals surface area contributed by atoms with Crippen molar-refractivity contribution >= 4 is 0 Å². The Morgan fingerprint density at radius 2 is 2.00 bits per heavy atom. The third-order valence-corrected chi connectivity index (χ3v) is 2.59. The summed E-state index contributed by atoms with van der Waals surface area (Å²) in [7, 11) is 0. The lowest BCUT2D eigenvalue weighted by Crippen LogP contribution is -2.42. The van der Waals surface area contributed by atoms with Crippen molar-refractivity contribution in [3.63, 3.8) is 0 Å². The number of hydrogen-bond donors (Lipinski definition) is 0. The fraction of sp³-hybridized carbons (Fsp3) is 1.00. The molecule has 0 saturated carbocycles. The number of alkyl halides is 3. The zero-order chi connectivity index (χ0) is 10.8. The summed E-state index contributed by atoms with van der Waals surface area (Å²) in [6.45, 7) is 5.88. The van der Waals surface area contributed by atoms with Gasteiger partial charge in [-0.2, -0.15) is 13.2 Å². The Morgan fingerprint density at radius 3 is 2.50 bits per heavy atom. The topological polar surface area (TPSA) is 3.24 Å². The summed E-state index contributed by atoms with van der Waals surface area (Å²) in [6.07, 6.45) is -3.02. The van der Waals surface area contributed by atoms with Gasteiger partial charge < -0.3 is 4.90 Å². The smallest absolute Gasteiger partial charge is 0.302 e. The van der Waals surface area contributed by atoms with Gasteiger partial charge in [-0.05, 0) is 25.3 Å². The number of likely N-dealkylation sites (tertiary alicyclic amines) is 1. The van der Waals surface area contributed by atoms with E-state index in [9.17, 15) is 13.2 Å². The summed E-state index contributed by atoms with van der Waals surface area (Å²) < 4.78 is 37.3. The molecule has 0 aromatic rings. The van der Waals surface area contributed by atoms with Crippen LogP contribution in [0.15, 0.2) is 0 Å². The molecule has 1 atom stereocenters. The van der Waals surface area contributed by atoms with Gasteiger partial charge in [0.15, 0.2) is 0 Å². The molecule has 1 fully saturated rings. The zero-order valence-corrected chi connectivity index (χ0v) is 8.77. The van der Waals surface area contributed by atoms with Crippen molar-refractivity contribution in [1.29, 1.82) is 0 Å². The van der Waals surface area contributed by atoms with Gasteiger partial charge in [0.05, 0.1) is 5.92 Å². The third-order valence-electron chi connectivity index (χ3n) is 2.59. The van der Waals surface area contributed by atoms with E-state index in [1.807, 2.05) is 18.7 Å². The van der Waals surface area contributed by atoms with E-state index in [2.05, 4.69) is 0 Å². The molecule has 0 unspecified atom stereocenters. The first kappa shape index (κ1) is 11.8.